The number of hydrogen-bond donors (Lipinski definition) is 2. The number of halogens is 3. The third kappa shape index (κ3) is 3.99. The van der Waals surface area contributed by atoms with Gasteiger partial charge < -0.3 is 11.1 Å². The topological polar surface area (TPSA) is 68.0 Å². The quantitative estimate of drug-likeness (QED) is 0.872. The molecular weight excluding hydrogens is 247 g/mol. The lowest BCUT2D eigenvalue weighted by atomic mass is 10.1. The highest BCUT2D eigenvalue weighted by Gasteiger charge is 2.32. The number of alkyl halides is 3. The Morgan fingerprint density at radius 2 is 2.17 bits per heavy atom. The highest BCUT2D eigenvalue weighted by molar-refractivity contribution is 5.94. The summed E-state index contributed by atoms with van der Waals surface area (Å²) in [6.07, 6.45) is -2.26. The van der Waals surface area contributed by atoms with Crippen molar-refractivity contribution in [3.63, 3.8) is 0 Å². The van der Waals surface area contributed by atoms with Crippen molar-refractivity contribution in [1.29, 1.82) is 0 Å². The minimum atomic E-state index is -4.48. The summed E-state index contributed by atoms with van der Waals surface area (Å²) in [4.78, 5) is 14.7. The van der Waals surface area contributed by atoms with E-state index in [0.717, 1.165) is 24.8 Å². The third-order valence-corrected chi connectivity index (χ3v) is 2.26. The molecule has 1 heterocycles. The van der Waals surface area contributed by atoms with E-state index in [1.165, 1.54) is 0 Å². The molecule has 0 bridgehead atoms. The molecule has 1 aromatic heterocycles. The summed E-state index contributed by atoms with van der Waals surface area (Å²) < 4.78 is 36.7. The highest BCUT2D eigenvalue weighted by atomic mass is 19.4. The fourth-order valence-electron chi connectivity index (χ4n) is 1.31. The van der Waals surface area contributed by atoms with Gasteiger partial charge in [-0.3, -0.25) is 4.79 Å². The fraction of sp³-hybridized carbons (Fsp3) is 0.455. The maximum absolute atomic E-state index is 12.2. The second kappa shape index (κ2) is 5.81. The predicted octanol–water partition coefficient (Wildman–Crippen LogP) is 2.17. The second-order valence-corrected chi connectivity index (χ2v) is 3.81. The summed E-state index contributed by atoms with van der Waals surface area (Å²) in [5.74, 6) is -0.432. The zero-order valence-electron chi connectivity index (χ0n) is 9.79. The fourth-order valence-corrected chi connectivity index (χ4v) is 1.31. The average molecular weight is 261 g/mol. The van der Waals surface area contributed by atoms with Crippen molar-refractivity contribution in [2.45, 2.75) is 32.0 Å². The van der Waals surface area contributed by atoms with Gasteiger partial charge in [-0.25, -0.2) is 4.98 Å². The molecule has 0 aliphatic heterocycles. The molecule has 0 spiro atoms. The maximum atomic E-state index is 12.2. The molecule has 0 radical (unpaired) electrons. The predicted molar refractivity (Wildman–Crippen MR) is 60.8 cm³/mol. The number of carbonyl (C=O) groups is 1. The van der Waals surface area contributed by atoms with Crippen LogP contribution in [0.4, 0.5) is 18.9 Å². The molecule has 1 aromatic rings. The first-order chi connectivity index (χ1) is 8.34. The van der Waals surface area contributed by atoms with Gasteiger partial charge in [0.25, 0.3) is 0 Å². The van der Waals surface area contributed by atoms with Gasteiger partial charge in [0.15, 0.2) is 0 Å². The first kappa shape index (κ1) is 14.4. The number of rotatable bonds is 4. The molecule has 0 saturated heterocycles. The lowest BCUT2D eigenvalue weighted by molar-refractivity contribution is -0.141. The number of nitrogens with one attached hydrogen (secondary N) is 1. The molecule has 1 rings (SSSR count). The number of nitrogens with zero attached hydrogens (tertiary/aromatic N) is 1. The second-order valence-electron chi connectivity index (χ2n) is 3.81. The van der Waals surface area contributed by atoms with E-state index < -0.39 is 23.8 Å². The van der Waals surface area contributed by atoms with Crippen LogP contribution in [-0.2, 0) is 11.0 Å². The SMILES string of the molecule is CCC[C@@H](N)C(=O)Nc1ccc(C(F)(F)F)nc1. The van der Waals surface area contributed by atoms with Crippen LogP contribution in [0.1, 0.15) is 25.5 Å². The van der Waals surface area contributed by atoms with Gasteiger partial charge >= 0.3 is 6.18 Å². The number of hydrogen-bond acceptors (Lipinski definition) is 3. The number of anilines is 1. The van der Waals surface area contributed by atoms with Gasteiger partial charge in [0.05, 0.1) is 17.9 Å². The summed E-state index contributed by atoms with van der Waals surface area (Å²) >= 11 is 0. The van der Waals surface area contributed by atoms with Crippen molar-refractivity contribution in [2.75, 3.05) is 5.32 Å². The van der Waals surface area contributed by atoms with Crippen molar-refractivity contribution in [3.8, 4) is 0 Å². The molecule has 18 heavy (non-hydrogen) atoms. The van der Waals surface area contributed by atoms with E-state index in [-0.39, 0.29) is 5.69 Å². The minimum absolute atomic E-state index is 0.194. The van der Waals surface area contributed by atoms with Gasteiger partial charge in [-0.05, 0) is 18.6 Å². The molecule has 0 aromatic carbocycles. The zero-order valence-corrected chi connectivity index (χ0v) is 9.79. The largest absolute Gasteiger partial charge is 0.433 e. The summed E-state index contributed by atoms with van der Waals surface area (Å²) in [7, 11) is 0. The van der Waals surface area contributed by atoms with E-state index in [2.05, 4.69) is 10.3 Å². The molecule has 0 aliphatic carbocycles. The van der Waals surface area contributed by atoms with E-state index in [0.29, 0.717) is 6.42 Å². The van der Waals surface area contributed by atoms with Crippen molar-refractivity contribution < 1.29 is 18.0 Å². The van der Waals surface area contributed by atoms with E-state index in [1.54, 1.807) is 0 Å². The molecule has 3 N–H and O–H groups in total. The average Bonchev–Trinajstić information content (AvgIpc) is 2.28. The molecule has 7 heteroatoms. The number of nitrogens with two attached hydrogens (primary N) is 1. The Morgan fingerprint density at radius 1 is 1.50 bits per heavy atom. The van der Waals surface area contributed by atoms with Gasteiger partial charge in [-0.15, -0.1) is 0 Å². The first-order valence-electron chi connectivity index (χ1n) is 5.44. The zero-order chi connectivity index (χ0) is 13.8. The van der Waals surface area contributed by atoms with Crippen LogP contribution >= 0.6 is 0 Å². The molecular formula is C11H14F3N3O. The van der Waals surface area contributed by atoms with Crippen molar-refractivity contribution in [3.05, 3.63) is 24.0 Å². The van der Waals surface area contributed by atoms with Crippen LogP contribution in [0.2, 0.25) is 0 Å². The van der Waals surface area contributed by atoms with E-state index >= 15 is 0 Å². The monoisotopic (exact) mass is 261 g/mol. The molecule has 4 nitrogen and oxygen atoms in total. The van der Waals surface area contributed by atoms with Gasteiger partial charge in [0.2, 0.25) is 5.91 Å². The van der Waals surface area contributed by atoms with Gasteiger partial charge in [0, 0.05) is 0 Å². The number of pyridine rings is 1. The Bertz CT molecular complexity index is 403. The highest BCUT2D eigenvalue weighted by Crippen LogP contribution is 2.27. The summed E-state index contributed by atoms with van der Waals surface area (Å²) in [6, 6.07) is 1.28. The number of aromatic nitrogens is 1. The Morgan fingerprint density at radius 3 is 2.61 bits per heavy atom. The molecule has 1 atom stereocenters. The maximum Gasteiger partial charge on any atom is 0.433 e. The molecule has 0 saturated carbocycles. The summed E-state index contributed by atoms with van der Waals surface area (Å²) in [5, 5.41) is 2.41. The Balaban J connectivity index is 2.67. The van der Waals surface area contributed by atoms with Crippen LogP contribution in [0.3, 0.4) is 0 Å². The van der Waals surface area contributed by atoms with Crippen molar-refractivity contribution in [1.82, 2.24) is 4.98 Å². The Kier molecular flexibility index (Phi) is 4.66. The lowest BCUT2D eigenvalue weighted by Gasteiger charge is -2.11. The van der Waals surface area contributed by atoms with Crippen LogP contribution in [0.25, 0.3) is 0 Å². The third-order valence-electron chi connectivity index (χ3n) is 2.26. The van der Waals surface area contributed by atoms with Gasteiger partial charge in [0.1, 0.15) is 5.69 Å². The molecule has 1 amide bonds. The summed E-state index contributed by atoms with van der Waals surface area (Å²) in [6.45, 7) is 1.88. The van der Waals surface area contributed by atoms with Crippen molar-refractivity contribution >= 4 is 11.6 Å². The minimum Gasteiger partial charge on any atom is -0.323 e. The lowest BCUT2D eigenvalue weighted by Crippen LogP contribution is -2.35. The number of amides is 1. The number of carbonyl (C=O) groups excluding carboxylic acids is 1. The van der Waals surface area contributed by atoms with E-state index in [4.69, 9.17) is 5.73 Å². The van der Waals surface area contributed by atoms with E-state index in [1.807, 2.05) is 6.92 Å². The van der Waals surface area contributed by atoms with Gasteiger partial charge in [-0.1, -0.05) is 13.3 Å². The van der Waals surface area contributed by atoms with Crippen LogP contribution in [0.5, 0.6) is 0 Å². The van der Waals surface area contributed by atoms with Crippen LogP contribution < -0.4 is 11.1 Å². The molecule has 100 valence electrons. The Labute approximate surface area is 102 Å². The standard InChI is InChI=1S/C11H14F3N3O/c1-2-3-8(15)10(18)17-7-4-5-9(16-6-7)11(12,13)14/h4-6,8H,2-3,15H2,1H3,(H,17,18)/t8-/m1/s1. The normalized spacial score (nSPS) is 13.2. The van der Waals surface area contributed by atoms with Gasteiger partial charge in [-0.2, -0.15) is 13.2 Å². The van der Waals surface area contributed by atoms with Crippen LogP contribution in [-0.4, -0.2) is 16.9 Å². The molecule has 0 unspecified atom stereocenters. The molecule has 0 fully saturated rings. The van der Waals surface area contributed by atoms with Crippen LogP contribution in [0, 0.1) is 0 Å². The molecule has 0 aliphatic rings. The Hall–Kier alpha value is -1.63. The smallest absolute Gasteiger partial charge is 0.323 e. The first-order valence-corrected chi connectivity index (χ1v) is 5.44. The van der Waals surface area contributed by atoms with E-state index in [9.17, 15) is 18.0 Å². The van der Waals surface area contributed by atoms with Crippen molar-refractivity contribution in [2.24, 2.45) is 5.73 Å². The summed E-state index contributed by atoms with van der Waals surface area (Å²) in [5.41, 5.74) is 4.75. The van der Waals surface area contributed by atoms with Crippen LogP contribution in [0.15, 0.2) is 18.3 Å².